The molecule has 0 amide bonds. The van der Waals surface area contributed by atoms with E-state index in [0.29, 0.717) is 0 Å². The van der Waals surface area contributed by atoms with Crippen molar-refractivity contribution < 1.29 is 0 Å². The van der Waals surface area contributed by atoms with Gasteiger partial charge in [0.05, 0.1) is 21.4 Å². The molecule has 0 fully saturated rings. The minimum atomic E-state index is 1.10. The standard InChI is InChI=1S/C60H40N2S/c1-3-17-41(18-4-1)47-21-7-9-23-50(47)51-24-10-8-22-48(51)42-33-37-45(38-34-42)61(57-31-16-29-55-53-26-12-14-32-58(53)63-60(55)57)46-39-35-43(36-40-46)49-27-15-28-54-52-25-11-13-30-56(52)62(59(49)54)44-19-5-2-6-20-44/h1-40H. The Bertz CT molecular complexity index is 3600. The molecule has 0 aliphatic heterocycles. The van der Waals surface area contributed by atoms with Crippen LogP contribution in [0.5, 0.6) is 0 Å². The second-order valence-electron chi connectivity index (χ2n) is 16.0. The summed E-state index contributed by atoms with van der Waals surface area (Å²) in [5, 5.41) is 5.07. The zero-order chi connectivity index (χ0) is 41.7. The summed E-state index contributed by atoms with van der Waals surface area (Å²) in [6, 6.07) is 88.2. The number of hydrogen-bond donors (Lipinski definition) is 0. The van der Waals surface area contributed by atoms with Crippen molar-refractivity contribution in [2.24, 2.45) is 0 Å². The molecule has 296 valence electrons. The minimum Gasteiger partial charge on any atom is -0.309 e. The molecule has 2 heterocycles. The predicted molar refractivity (Wildman–Crippen MR) is 270 cm³/mol. The number of para-hydroxylation sites is 3. The van der Waals surface area contributed by atoms with Crippen molar-refractivity contribution in [1.82, 2.24) is 4.57 Å². The molecule has 0 radical (unpaired) electrons. The van der Waals surface area contributed by atoms with Gasteiger partial charge in [0.15, 0.2) is 0 Å². The first kappa shape index (κ1) is 36.8. The summed E-state index contributed by atoms with van der Waals surface area (Å²) in [4.78, 5) is 2.43. The van der Waals surface area contributed by atoms with E-state index < -0.39 is 0 Å². The Morgan fingerprint density at radius 3 is 1.48 bits per heavy atom. The number of anilines is 3. The van der Waals surface area contributed by atoms with Crippen LogP contribution in [0, 0.1) is 0 Å². The monoisotopic (exact) mass is 820 g/mol. The van der Waals surface area contributed by atoms with E-state index in [1.807, 2.05) is 11.3 Å². The summed E-state index contributed by atoms with van der Waals surface area (Å²) in [7, 11) is 0. The van der Waals surface area contributed by atoms with E-state index in [0.717, 1.165) is 22.7 Å². The van der Waals surface area contributed by atoms with E-state index in [-0.39, 0.29) is 0 Å². The molecule has 2 nitrogen and oxygen atoms in total. The molecule has 0 saturated heterocycles. The van der Waals surface area contributed by atoms with Gasteiger partial charge in [0.2, 0.25) is 0 Å². The molecule has 63 heavy (non-hydrogen) atoms. The van der Waals surface area contributed by atoms with E-state index in [2.05, 4.69) is 252 Å². The predicted octanol–water partition coefficient (Wildman–Crippen LogP) is 17.3. The molecule has 10 aromatic carbocycles. The van der Waals surface area contributed by atoms with Gasteiger partial charge in [0, 0.05) is 48.9 Å². The van der Waals surface area contributed by atoms with Crippen molar-refractivity contribution >= 4 is 70.4 Å². The summed E-state index contributed by atoms with van der Waals surface area (Å²) in [5.74, 6) is 0. The van der Waals surface area contributed by atoms with Gasteiger partial charge in [-0.15, -0.1) is 11.3 Å². The number of nitrogens with zero attached hydrogens (tertiary/aromatic N) is 2. The first-order valence-electron chi connectivity index (χ1n) is 21.5. The van der Waals surface area contributed by atoms with Crippen LogP contribution in [-0.4, -0.2) is 4.57 Å². The second kappa shape index (κ2) is 15.5. The number of hydrogen-bond acceptors (Lipinski definition) is 2. The second-order valence-corrected chi connectivity index (χ2v) is 17.1. The van der Waals surface area contributed by atoms with Gasteiger partial charge < -0.3 is 9.47 Å². The maximum atomic E-state index is 2.43. The van der Waals surface area contributed by atoms with Crippen LogP contribution in [-0.2, 0) is 0 Å². The molecule has 0 spiro atoms. The lowest BCUT2D eigenvalue weighted by atomic mass is 9.89. The topological polar surface area (TPSA) is 8.17 Å². The zero-order valence-corrected chi connectivity index (χ0v) is 35.2. The van der Waals surface area contributed by atoms with Gasteiger partial charge in [-0.05, 0) is 93.5 Å². The highest BCUT2D eigenvalue weighted by Crippen LogP contribution is 2.46. The van der Waals surface area contributed by atoms with Crippen molar-refractivity contribution in [3.63, 3.8) is 0 Å². The van der Waals surface area contributed by atoms with Crippen LogP contribution in [0.1, 0.15) is 0 Å². The third-order valence-electron chi connectivity index (χ3n) is 12.4. The summed E-state index contributed by atoms with van der Waals surface area (Å²) in [5.41, 5.74) is 16.6. The van der Waals surface area contributed by atoms with E-state index in [9.17, 15) is 0 Å². The molecule has 2 aromatic heterocycles. The molecule has 0 bridgehead atoms. The number of thiophene rings is 1. The average molecular weight is 821 g/mol. The Hall–Kier alpha value is -7.98. The Kier molecular flexibility index (Phi) is 9.06. The van der Waals surface area contributed by atoms with Crippen LogP contribution in [0.3, 0.4) is 0 Å². The van der Waals surface area contributed by atoms with Gasteiger partial charge in [0.1, 0.15) is 0 Å². The van der Waals surface area contributed by atoms with Crippen LogP contribution in [0.15, 0.2) is 243 Å². The lowest BCUT2D eigenvalue weighted by Crippen LogP contribution is -2.10. The van der Waals surface area contributed by atoms with Crippen molar-refractivity contribution in [1.29, 1.82) is 0 Å². The highest BCUT2D eigenvalue weighted by molar-refractivity contribution is 7.26. The molecule has 0 aliphatic rings. The third kappa shape index (κ3) is 6.33. The fourth-order valence-electron chi connectivity index (χ4n) is 9.57. The molecular weight excluding hydrogens is 781 g/mol. The molecule has 0 saturated carbocycles. The van der Waals surface area contributed by atoms with E-state index in [1.54, 1.807) is 0 Å². The summed E-state index contributed by atoms with van der Waals surface area (Å²) < 4.78 is 4.98. The fourth-order valence-corrected chi connectivity index (χ4v) is 10.8. The highest BCUT2D eigenvalue weighted by Gasteiger charge is 2.21. The molecule has 12 aromatic rings. The van der Waals surface area contributed by atoms with Gasteiger partial charge in [-0.3, -0.25) is 0 Å². The summed E-state index contributed by atoms with van der Waals surface area (Å²) in [6.45, 7) is 0. The molecule has 0 unspecified atom stereocenters. The number of aromatic nitrogens is 1. The zero-order valence-electron chi connectivity index (χ0n) is 34.4. The molecule has 0 N–H and O–H groups in total. The first-order chi connectivity index (χ1) is 31.3. The quantitative estimate of drug-likeness (QED) is 0.148. The number of fused-ring (bicyclic) bond motifs is 6. The van der Waals surface area contributed by atoms with Gasteiger partial charge in [-0.2, -0.15) is 0 Å². The summed E-state index contributed by atoms with van der Waals surface area (Å²) >= 11 is 1.86. The van der Waals surface area contributed by atoms with Crippen molar-refractivity contribution in [3.05, 3.63) is 243 Å². The normalized spacial score (nSPS) is 11.5. The van der Waals surface area contributed by atoms with Crippen LogP contribution < -0.4 is 4.90 Å². The largest absolute Gasteiger partial charge is 0.309 e. The molecular formula is C60H40N2S. The lowest BCUT2D eigenvalue weighted by molar-refractivity contribution is 1.18. The number of benzene rings is 10. The van der Waals surface area contributed by atoms with Crippen molar-refractivity contribution in [2.75, 3.05) is 4.90 Å². The fraction of sp³-hybridized carbons (Fsp3) is 0. The van der Waals surface area contributed by atoms with E-state index >= 15 is 0 Å². The molecule has 0 atom stereocenters. The maximum Gasteiger partial charge on any atom is 0.0640 e. The van der Waals surface area contributed by atoms with Crippen molar-refractivity contribution in [2.45, 2.75) is 0 Å². The van der Waals surface area contributed by atoms with E-state index in [4.69, 9.17) is 0 Å². The van der Waals surface area contributed by atoms with Crippen LogP contribution in [0.25, 0.3) is 92.2 Å². The van der Waals surface area contributed by atoms with Crippen LogP contribution in [0.2, 0.25) is 0 Å². The van der Waals surface area contributed by atoms with Crippen LogP contribution in [0.4, 0.5) is 17.1 Å². The Morgan fingerprint density at radius 2 is 0.794 bits per heavy atom. The van der Waals surface area contributed by atoms with Gasteiger partial charge in [-0.25, -0.2) is 0 Å². The molecule has 3 heteroatoms. The van der Waals surface area contributed by atoms with Gasteiger partial charge >= 0.3 is 0 Å². The SMILES string of the molecule is c1ccc(-c2ccccc2-c2ccccc2-c2ccc(N(c3ccc(-c4cccc5c6ccccc6n(-c6ccccc6)c45)cc3)c3cccc4c3sc3ccccc34)cc2)cc1. The Morgan fingerprint density at radius 1 is 0.317 bits per heavy atom. The van der Waals surface area contributed by atoms with E-state index in [1.165, 1.54) is 86.5 Å². The molecule has 0 aliphatic carbocycles. The van der Waals surface area contributed by atoms with Gasteiger partial charge in [-0.1, -0.05) is 188 Å². The third-order valence-corrected chi connectivity index (χ3v) is 13.6. The Balaban J connectivity index is 0.995. The Labute approximate surface area is 370 Å². The first-order valence-corrected chi connectivity index (χ1v) is 22.3. The van der Waals surface area contributed by atoms with Crippen LogP contribution >= 0.6 is 11.3 Å². The molecule has 12 rings (SSSR count). The highest BCUT2D eigenvalue weighted by atomic mass is 32.1. The summed E-state index contributed by atoms with van der Waals surface area (Å²) in [6.07, 6.45) is 0. The van der Waals surface area contributed by atoms with Gasteiger partial charge in [0.25, 0.3) is 0 Å². The minimum absolute atomic E-state index is 1.10. The number of rotatable bonds is 8. The average Bonchev–Trinajstić information content (AvgIpc) is 3.92. The lowest BCUT2D eigenvalue weighted by Gasteiger charge is -2.26. The van der Waals surface area contributed by atoms with Crippen molar-refractivity contribution in [3.8, 4) is 50.2 Å². The smallest absolute Gasteiger partial charge is 0.0640 e. The maximum absolute atomic E-state index is 2.43.